The molecule has 1 N–H and O–H groups in total. The van der Waals surface area contributed by atoms with Crippen molar-refractivity contribution in [2.75, 3.05) is 37.3 Å². The van der Waals surface area contributed by atoms with Gasteiger partial charge in [-0.05, 0) is 31.4 Å². The molecular weight excluding hydrogens is 302 g/mol. The van der Waals surface area contributed by atoms with Crippen molar-refractivity contribution < 1.29 is 13.5 Å². The second-order valence-electron chi connectivity index (χ2n) is 6.25. The van der Waals surface area contributed by atoms with Gasteiger partial charge in [0.15, 0.2) is 0 Å². The fourth-order valence-electron chi connectivity index (χ4n) is 3.28. The van der Waals surface area contributed by atoms with Crippen LogP contribution in [-0.2, 0) is 10.0 Å². The second-order valence-corrected chi connectivity index (χ2v) is 8.23. The predicted molar refractivity (Wildman–Crippen MR) is 85.5 cm³/mol. The fraction of sp³-hybridized carbons (Fsp3) is 0.667. The Bertz CT molecular complexity index is 627. The molecule has 122 valence electrons. The number of piperidine rings is 1. The summed E-state index contributed by atoms with van der Waals surface area (Å²) in [6.45, 7) is 2.61. The number of rotatable bonds is 3. The van der Waals surface area contributed by atoms with Crippen molar-refractivity contribution in [3.05, 3.63) is 23.9 Å². The number of aliphatic hydroxyl groups is 1. The van der Waals surface area contributed by atoms with E-state index in [1.165, 1.54) is 6.26 Å². The number of aliphatic hydroxyl groups excluding tert-OH is 1. The van der Waals surface area contributed by atoms with Gasteiger partial charge in [-0.3, -0.25) is 0 Å². The average molecular weight is 325 g/mol. The van der Waals surface area contributed by atoms with Crippen LogP contribution in [0.15, 0.2) is 18.2 Å². The third-order valence-electron chi connectivity index (χ3n) is 4.58. The molecular formula is C15H23N3O3S. The standard InChI is InChI=1S/C15H23N3O3S/c1-22(20,21)18-9-5-12(6-10-18)14-3-2-4-15(16-14)17-8-7-13(19)11-17/h2-4,12-13,19H,5-11H2,1H3/t13-/m1/s1. The summed E-state index contributed by atoms with van der Waals surface area (Å²) in [6, 6.07) is 6.01. The lowest BCUT2D eigenvalue weighted by Gasteiger charge is -2.30. The van der Waals surface area contributed by atoms with E-state index in [0.29, 0.717) is 25.6 Å². The third-order valence-corrected chi connectivity index (χ3v) is 5.89. The third kappa shape index (κ3) is 3.42. The van der Waals surface area contributed by atoms with E-state index in [1.807, 2.05) is 18.2 Å². The van der Waals surface area contributed by atoms with E-state index in [4.69, 9.17) is 4.98 Å². The van der Waals surface area contributed by atoms with Gasteiger partial charge >= 0.3 is 0 Å². The van der Waals surface area contributed by atoms with Gasteiger partial charge in [0, 0.05) is 37.8 Å². The van der Waals surface area contributed by atoms with Crippen LogP contribution in [0.1, 0.15) is 30.9 Å². The van der Waals surface area contributed by atoms with E-state index >= 15 is 0 Å². The molecule has 2 saturated heterocycles. The zero-order valence-corrected chi connectivity index (χ0v) is 13.7. The van der Waals surface area contributed by atoms with Crippen molar-refractivity contribution in [3.63, 3.8) is 0 Å². The van der Waals surface area contributed by atoms with Crippen LogP contribution in [0.25, 0.3) is 0 Å². The molecule has 22 heavy (non-hydrogen) atoms. The maximum Gasteiger partial charge on any atom is 0.211 e. The first kappa shape index (κ1) is 15.7. The molecule has 0 aliphatic carbocycles. The Kier molecular flexibility index (Phi) is 4.38. The molecule has 3 rings (SSSR count). The molecule has 1 aromatic heterocycles. The van der Waals surface area contributed by atoms with Crippen LogP contribution in [0.3, 0.4) is 0 Å². The minimum Gasteiger partial charge on any atom is -0.391 e. The van der Waals surface area contributed by atoms with Gasteiger partial charge in [-0.25, -0.2) is 17.7 Å². The van der Waals surface area contributed by atoms with Crippen LogP contribution < -0.4 is 4.90 Å². The van der Waals surface area contributed by atoms with E-state index in [0.717, 1.165) is 37.3 Å². The first-order chi connectivity index (χ1) is 10.4. The summed E-state index contributed by atoms with van der Waals surface area (Å²) in [4.78, 5) is 6.86. The van der Waals surface area contributed by atoms with E-state index in [2.05, 4.69) is 4.90 Å². The van der Waals surface area contributed by atoms with Crippen LogP contribution in [0.5, 0.6) is 0 Å². The topological polar surface area (TPSA) is 73.7 Å². The summed E-state index contributed by atoms with van der Waals surface area (Å²) in [6.07, 6.45) is 3.42. The number of pyridine rings is 1. The monoisotopic (exact) mass is 325 g/mol. The van der Waals surface area contributed by atoms with E-state index < -0.39 is 10.0 Å². The first-order valence-corrected chi connectivity index (χ1v) is 9.63. The highest BCUT2D eigenvalue weighted by Crippen LogP contribution is 2.29. The summed E-state index contributed by atoms with van der Waals surface area (Å²) in [5.74, 6) is 1.23. The molecule has 7 heteroatoms. The molecule has 6 nitrogen and oxygen atoms in total. The molecule has 0 unspecified atom stereocenters. The Morgan fingerprint density at radius 3 is 2.50 bits per heavy atom. The summed E-state index contributed by atoms with van der Waals surface area (Å²) >= 11 is 0. The quantitative estimate of drug-likeness (QED) is 0.889. The highest BCUT2D eigenvalue weighted by molar-refractivity contribution is 7.88. The van der Waals surface area contributed by atoms with Crippen LogP contribution >= 0.6 is 0 Å². The van der Waals surface area contributed by atoms with Crippen LogP contribution in [0.4, 0.5) is 5.82 Å². The van der Waals surface area contributed by atoms with Gasteiger partial charge in [-0.1, -0.05) is 6.07 Å². The number of hydrogen-bond acceptors (Lipinski definition) is 5. The van der Waals surface area contributed by atoms with Crippen LogP contribution in [-0.4, -0.2) is 61.4 Å². The number of nitrogens with zero attached hydrogens (tertiary/aromatic N) is 3. The average Bonchev–Trinajstić information content (AvgIpc) is 2.93. The van der Waals surface area contributed by atoms with E-state index in [-0.39, 0.29) is 6.10 Å². The van der Waals surface area contributed by atoms with Crippen molar-refractivity contribution in [2.45, 2.75) is 31.3 Å². The zero-order chi connectivity index (χ0) is 15.7. The fourth-order valence-corrected chi connectivity index (χ4v) is 4.15. The normalized spacial score (nSPS) is 24.8. The number of aromatic nitrogens is 1. The van der Waals surface area contributed by atoms with Gasteiger partial charge in [0.2, 0.25) is 10.0 Å². The molecule has 0 spiro atoms. The van der Waals surface area contributed by atoms with Gasteiger partial charge in [0.25, 0.3) is 0 Å². The maximum atomic E-state index is 11.6. The molecule has 0 amide bonds. The van der Waals surface area contributed by atoms with Crippen molar-refractivity contribution in [1.82, 2.24) is 9.29 Å². The number of β-amino-alcohol motifs (C(OH)–C–C–N with tert-alkyl or cyclic N) is 1. The first-order valence-electron chi connectivity index (χ1n) is 7.78. The highest BCUT2D eigenvalue weighted by Gasteiger charge is 2.27. The summed E-state index contributed by atoms with van der Waals surface area (Å²) < 4.78 is 24.7. The summed E-state index contributed by atoms with van der Waals surface area (Å²) in [5.41, 5.74) is 1.03. The van der Waals surface area contributed by atoms with Crippen molar-refractivity contribution in [1.29, 1.82) is 0 Å². The molecule has 0 radical (unpaired) electrons. The van der Waals surface area contributed by atoms with Crippen LogP contribution in [0.2, 0.25) is 0 Å². The molecule has 0 aromatic carbocycles. The minimum absolute atomic E-state index is 0.261. The number of sulfonamides is 1. The number of anilines is 1. The number of hydrogen-bond donors (Lipinski definition) is 1. The largest absolute Gasteiger partial charge is 0.391 e. The minimum atomic E-state index is -3.08. The predicted octanol–water partition coefficient (Wildman–Crippen LogP) is 0.792. The Morgan fingerprint density at radius 1 is 1.18 bits per heavy atom. The Balaban J connectivity index is 1.69. The molecule has 2 aliphatic heterocycles. The molecule has 3 heterocycles. The summed E-state index contributed by atoms with van der Waals surface area (Å²) in [5, 5.41) is 9.65. The second kappa shape index (κ2) is 6.14. The molecule has 2 aliphatic rings. The molecule has 2 fully saturated rings. The smallest absolute Gasteiger partial charge is 0.211 e. The summed E-state index contributed by atoms with van der Waals surface area (Å²) in [7, 11) is -3.08. The Hall–Kier alpha value is -1.18. The van der Waals surface area contributed by atoms with E-state index in [1.54, 1.807) is 4.31 Å². The lowest BCUT2D eigenvalue weighted by atomic mass is 9.94. The van der Waals surface area contributed by atoms with Gasteiger partial charge < -0.3 is 10.0 Å². The van der Waals surface area contributed by atoms with Crippen LogP contribution in [0, 0.1) is 0 Å². The molecule has 1 atom stereocenters. The molecule has 0 saturated carbocycles. The highest BCUT2D eigenvalue weighted by atomic mass is 32.2. The van der Waals surface area contributed by atoms with Crippen molar-refractivity contribution >= 4 is 15.8 Å². The van der Waals surface area contributed by atoms with E-state index in [9.17, 15) is 13.5 Å². The maximum absolute atomic E-state index is 11.6. The Labute approximate surface area is 131 Å². The SMILES string of the molecule is CS(=O)(=O)N1CCC(c2cccc(N3CC[C@@H](O)C3)n2)CC1. The lowest BCUT2D eigenvalue weighted by molar-refractivity contribution is 0.198. The van der Waals surface area contributed by atoms with Gasteiger partial charge in [-0.2, -0.15) is 0 Å². The van der Waals surface area contributed by atoms with Crippen molar-refractivity contribution in [2.24, 2.45) is 0 Å². The Morgan fingerprint density at radius 2 is 1.91 bits per heavy atom. The van der Waals surface area contributed by atoms with Gasteiger partial charge in [0.1, 0.15) is 5.82 Å². The lowest BCUT2D eigenvalue weighted by Crippen LogP contribution is -2.37. The van der Waals surface area contributed by atoms with Crippen molar-refractivity contribution in [3.8, 4) is 0 Å². The molecule has 1 aromatic rings. The van der Waals surface area contributed by atoms with Gasteiger partial charge in [-0.15, -0.1) is 0 Å². The zero-order valence-electron chi connectivity index (χ0n) is 12.9. The molecule has 0 bridgehead atoms. The van der Waals surface area contributed by atoms with Gasteiger partial charge in [0.05, 0.1) is 12.4 Å².